The quantitative estimate of drug-likeness (QED) is 0.814. The van der Waals surface area contributed by atoms with E-state index in [0.29, 0.717) is 5.69 Å². The van der Waals surface area contributed by atoms with E-state index in [1.54, 1.807) is 25.1 Å². The van der Waals surface area contributed by atoms with Crippen molar-refractivity contribution in [1.29, 1.82) is 0 Å². The first-order valence-electron chi connectivity index (χ1n) is 5.10. The number of sulfone groups is 1. The van der Waals surface area contributed by atoms with E-state index in [1.807, 2.05) is 6.92 Å². The largest absolute Gasteiger partial charge is 0.262 e. The number of pyridine rings is 2. The fourth-order valence-electron chi connectivity index (χ4n) is 1.46. The van der Waals surface area contributed by atoms with Gasteiger partial charge in [-0.05, 0) is 43.7 Å². The van der Waals surface area contributed by atoms with Crippen LogP contribution in [-0.4, -0.2) is 18.4 Å². The molecule has 0 unspecified atom stereocenters. The summed E-state index contributed by atoms with van der Waals surface area (Å²) in [5, 5.41) is 0.0723. The molecule has 2 aromatic rings. The minimum Gasteiger partial charge on any atom is -0.262 e. The van der Waals surface area contributed by atoms with Crippen molar-refractivity contribution >= 4 is 9.84 Å². The average Bonchev–Trinajstić information content (AvgIpc) is 2.29. The van der Waals surface area contributed by atoms with Gasteiger partial charge in [0.1, 0.15) is 0 Å². The first-order chi connectivity index (χ1) is 8.00. The lowest BCUT2D eigenvalue weighted by Gasteiger charge is -2.04. The van der Waals surface area contributed by atoms with Gasteiger partial charge in [-0.25, -0.2) is 13.4 Å². The second kappa shape index (κ2) is 4.25. The Bertz CT molecular complexity index is 600. The van der Waals surface area contributed by atoms with Crippen LogP contribution in [0.5, 0.6) is 0 Å². The van der Waals surface area contributed by atoms with Crippen LogP contribution in [0.15, 0.2) is 46.6 Å². The summed E-state index contributed by atoms with van der Waals surface area (Å²) in [7, 11) is -3.54. The lowest BCUT2D eigenvalue weighted by atomic mass is 10.3. The molecule has 0 aromatic carbocycles. The topological polar surface area (TPSA) is 59.9 Å². The molecule has 5 heteroatoms. The summed E-state index contributed by atoms with van der Waals surface area (Å²) in [6.07, 6.45) is 2.98. The molecule has 2 rings (SSSR count). The molecule has 0 amide bonds. The maximum Gasteiger partial charge on any atom is 0.223 e. The molecule has 0 saturated carbocycles. The van der Waals surface area contributed by atoms with Crippen LogP contribution in [0.2, 0.25) is 0 Å². The molecule has 0 spiro atoms. The van der Waals surface area contributed by atoms with Gasteiger partial charge < -0.3 is 0 Å². The zero-order valence-corrected chi connectivity index (χ0v) is 10.4. The molecule has 0 bridgehead atoms. The molecule has 0 radical (unpaired) electrons. The van der Waals surface area contributed by atoms with E-state index in [4.69, 9.17) is 0 Å². The van der Waals surface area contributed by atoms with E-state index in [0.717, 1.165) is 5.56 Å². The Morgan fingerprint density at radius 3 is 2.35 bits per heavy atom. The van der Waals surface area contributed by atoms with Crippen LogP contribution in [0.3, 0.4) is 0 Å². The first kappa shape index (κ1) is 11.7. The minimum atomic E-state index is -3.54. The third kappa shape index (κ3) is 2.34. The summed E-state index contributed by atoms with van der Waals surface area (Å²) in [4.78, 5) is 8.11. The summed E-state index contributed by atoms with van der Waals surface area (Å²) >= 11 is 0. The first-order valence-corrected chi connectivity index (χ1v) is 6.59. The number of aromatic nitrogens is 2. The number of rotatable bonds is 2. The van der Waals surface area contributed by atoms with Gasteiger partial charge in [-0.1, -0.05) is 0 Å². The Labute approximate surface area is 100 Å². The molecule has 88 valence electrons. The molecule has 17 heavy (non-hydrogen) atoms. The van der Waals surface area contributed by atoms with Gasteiger partial charge in [0.05, 0.1) is 4.90 Å². The van der Waals surface area contributed by atoms with Crippen molar-refractivity contribution in [1.82, 2.24) is 9.97 Å². The molecule has 0 aliphatic carbocycles. The Kier molecular flexibility index (Phi) is 2.93. The van der Waals surface area contributed by atoms with Gasteiger partial charge in [-0.15, -0.1) is 0 Å². The maximum absolute atomic E-state index is 12.2. The van der Waals surface area contributed by atoms with Crippen molar-refractivity contribution in [2.45, 2.75) is 23.8 Å². The van der Waals surface area contributed by atoms with E-state index in [-0.39, 0.29) is 9.92 Å². The van der Waals surface area contributed by atoms with Gasteiger partial charge in [0.25, 0.3) is 0 Å². The zero-order chi connectivity index (χ0) is 12.5. The summed E-state index contributed by atoms with van der Waals surface area (Å²) in [6.45, 7) is 3.58. The van der Waals surface area contributed by atoms with Crippen molar-refractivity contribution in [3.63, 3.8) is 0 Å². The number of aryl methyl sites for hydroxylation is 2. The van der Waals surface area contributed by atoms with E-state index < -0.39 is 9.84 Å². The van der Waals surface area contributed by atoms with Crippen LogP contribution in [0.1, 0.15) is 11.3 Å². The molecule has 0 aliphatic rings. The highest BCUT2D eigenvalue weighted by atomic mass is 32.2. The van der Waals surface area contributed by atoms with Gasteiger partial charge in [0, 0.05) is 18.1 Å². The molecule has 0 fully saturated rings. The lowest BCUT2D eigenvalue weighted by molar-refractivity contribution is 0.592. The van der Waals surface area contributed by atoms with Crippen LogP contribution in [0, 0.1) is 13.8 Å². The van der Waals surface area contributed by atoms with E-state index >= 15 is 0 Å². The molecule has 0 N–H and O–H groups in total. The Morgan fingerprint density at radius 1 is 1.00 bits per heavy atom. The fraction of sp³-hybridized carbons (Fsp3) is 0.167. The van der Waals surface area contributed by atoms with Crippen LogP contribution < -0.4 is 0 Å². The van der Waals surface area contributed by atoms with Gasteiger partial charge in [0.2, 0.25) is 9.84 Å². The highest BCUT2D eigenvalue weighted by Gasteiger charge is 2.19. The Balaban J connectivity index is 2.58. The number of nitrogens with zero attached hydrogens (tertiary/aromatic N) is 2. The molecule has 0 saturated heterocycles. The van der Waals surface area contributed by atoms with E-state index in [9.17, 15) is 8.42 Å². The Hall–Kier alpha value is -1.75. The van der Waals surface area contributed by atoms with Gasteiger partial charge in [0.15, 0.2) is 5.03 Å². The third-order valence-corrected chi connectivity index (χ3v) is 3.99. The van der Waals surface area contributed by atoms with Crippen LogP contribution in [0.25, 0.3) is 0 Å². The predicted molar refractivity (Wildman–Crippen MR) is 63.4 cm³/mol. The smallest absolute Gasteiger partial charge is 0.223 e. The molecule has 0 atom stereocenters. The van der Waals surface area contributed by atoms with Gasteiger partial charge >= 0.3 is 0 Å². The van der Waals surface area contributed by atoms with Crippen molar-refractivity contribution in [2.24, 2.45) is 0 Å². The fourth-order valence-corrected chi connectivity index (χ4v) is 2.81. The van der Waals surface area contributed by atoms with Crippen LogP contribution in [-0.2, 0) is 9.84 Å². The minimum absolute atomic E-state index is 0.0723. The summed E-state index contributed by atoms with van der Waals surface area (Å²) in [5.41, 5.74) is 1.53. The molecule has 2 aromatic heterocycles. The highest BCUT2D eigenvalue weighted by Crippen LogP contribution is 2.19. The number of hydrogen-bond acceptors (Lipinski definition) is 4. The highest BCUT2D eigenvalue weighted by molar-refractivity contribution is 7.91. The lowest BCUT2D eigenvalue weighted by Crippen LogP contribution is -2.05. The summed E-state index contributed by atoms with van der Waals surface area (Å²) in [5.74, 6) is 0. The van der Waals surface area contributed by atoms with Gasteiger partial charge in [-0.3, -0.25) is 4.98 Å². The molecule has 0 aliphatic heterocycles. The van der Waals surface area contributed by atoms with Crippen LogP contribution in [0.4, 0.5) is 0 Å². The SMILES string of the molecule is Cc1ccnc(S(=O)(=O)c2ccnc(C)c2)c1. The molecule has 4 nitrogen and oxygen atoms in total. The third-order valence-electron chi connectivity index (χ3n) is 2.34. The maximum atomic E-state index is 12.2. The van der Waals surface area contributed by atoms with Crippen molar-refractivity contribution in [2.75, 3.05) is 0 Å². The monoisotopic (exact) mass is 248 g/mol. The van der Waals surface area contributed by atoms with E-state index in [2.05, 4.69) is 9.97 Å². The average molecular weight is 248 g/mol. The predicted octanol–water partition coefficient (Wildman–Crippen LogP) is 1.93. The summed E-state index contributed by atoms with van der Waals surface area (Å²) in [6, 6.07) is 6.34. The standard InChI is InChI=1S/C12H12N2O2S/c1-9-3-5-14-12(7-9)17(15,16)11-4-6-13-10(2)8-11/h3-8H,1-2H3. The van der Waals surface area contributed by atoms with Gasteiger partial charge in [-0.2, -0.15) is 0 Å². The molecular weight excluding hydrogens is 236 g/mol. The zero-order valence-electron chi connectivity index (χ0n) is 9.58. The normalized spacial score (nSPS) is 11.4. The summed E-state index contributed by atoms with van der Waals surface area (Å²) < 4.78 is 24.5. The van der Waals surface area contributed by atoms with Crippen molar-refractivity contribution in [3.05, 3.63) is 47.9 Å². The van der Waals surface area contributed by atoms with Crippen molar-refractivity contribution in [3.8, 4) is 0 Å². The second-order valence-corrected chi connectivity index (χ2v) is 5.70. The molecular formula is C12H12N2O2S. The second-order valence-electron chi connectivity index (χ2n) is 3.81. The Morgan fingerprint density at radius 2 is 1.71 bits per heavy atom. The number of hydrogen-bond donors (Lipinski definition) is 0. The van der Waals surface area contributed by atoms with E-state index in [1.165, 1.54) is 18.5 Å². The molecule has 2 heterocycles. The van der Waals surface area contributed by atoms with Crippen molar-refractivity contribution < 1.29 is 8.42 Å². The van der Waals surface area contributed by atoms with Crippen LogP contribution >= 0.6 is 0 Å².